The van der Waals surface area contributed by atoms with Crippen molar-refractivity contribution in [2.75, 3.05) is 13.1 Å². The summed E-state index contributed by atoms with van der Waals surface area (Å²) in [6.07, 6.45) is 9.46. The normalized spacial score (nSPS) is 10.2. The van der Waals surface area contributed by atoms with Gasteiger partial charge < -0.3 is 10.6 Å². The molecule has 2 amide bonds. The van der Waals surface area contributed by atoms with Crippen molar-refractivity contribution in [2.45, 2.75) is 71.6 Å². The second-order valence-electron chi connectivity index (χ2n) is 5.00. The van der Waals surface area contributed by atoms with Gasteiger partial charge in [-0.1, -0.05) is 52.4 Å². The molecule has 0 aromatic rings. The lowest BCUT2D eigenvalue weighted by atomic mass is 10.1. The van der Waals surface area contributed by atoms with Crippen LogP contribution in [0.4, 0.5) is 0 Å². The highest BCUT2D eigenvalue weighted by molar-refractivity contribution is 5.84. The smallest absolute Gasteiger partial charge is 0.239 e. The van der Waals surface area contributed by atoms with Crippen LogP contribution in [0.1, 0.15) is 71.6 Å². The van der Waals surface area contributed by atoms with Gasteiger partial charge in [-0.05, 0) is 12.8 Å². The standard InChI is InChI=1S/C15H30N2O2/c1-3-5-7-9-11-14(18)17-13-15(19)16-12-10-8-6-4-2/h3-13H2,1-2H3,(H,16,19)(H,17,18). The van der Waals surface area contributed by atoms with Gasteiger partial charge >= 0.3 is 0 Å². The average molecular weight is 270 g/mol. The van der Waals surface area contributed by atoms with Crippen LogP contribution in [0.15, 0.2) is 0 Å². The number of hydrogen-bond acceptors (Lipinski definition) is 2. The summed E-state index contributed by atoms with van der Waals surface area (Å²) in [6.45, 7) is 5.13. The number of unbranched alkanes of at least 4 members (excludes halogenated alkanes) is 6. The molecule has 0 unspecified atom stereocenters. The number of amides is 2. The first kappa shape index (κ1) is 17.9. The minimum absolute atomic E-state index is 0.0164. The quantitative estimate of drug-likeness (QED) is 0.536. The third-order valence-electron chi connectivity index (χ3n) is 3.06. The molecule has 0 aromatic carbocycles. The zero-order valence-electron chi connectivity index (χ0n) is 12.6. The summed E-state index contributed by atoms with van der Waals surface area (Å²) in [6, 6.07) is 0. The van der Waals surface area contributed by atoms with E-state index in [0.717, 1.165) is 25.7 Å². The van der Waals surface area contributed by atoms with Crippen LogP contribution in [0.2, 0.25) is 0 Å². The van der Waals surface area contributed by atoms with Crippen molar-refractivity contribution in [3.05, 3.63) is 0 Å². The summed E-state index contributed by atoms with van der Waals surface area (Å²) in [5.74, 6) is -0.101. The monoisotopic (exact) mass is 270 g/mol. The predicted molar refractivity (Wildman–Crippen MR) is 78.9 cm³/mol. The molecule has 4 heteroatoms. The second-order valence-corrected chi connectivity index (χ2v) is 5.00. The van der Waals surface area contributed by atoms with Crippen LogP contribution in [0.5, 0.6) is 0 Å². The molecule has 19 heavy (non-hydrogen) atoms. The van der Waals surface area contributed by atoms with E-state index in [2.05, 4.69) is 24.5 Å². The molecule has 0 aliphatic carbocycles. The Balaban J connectivity index is 3.38. The fraction of sp³-hybridized carbons (Fsp3) is 0.867. The van der Waals surface area contributed by atoms with E-state index in [9.17, 15) is 9.59 Å². The van der Waals surface area contributed by atoms with Gasteiger partial charge in [0.2, 0.25) is 11.8 Å². The van der Waals surface area contributed by atoms with E-state index >= 15 is 0 Å². The molecular weight excluding hydrogens is 240 g/mol. The molecule has 0 aromatic heterocycles. The molecular formula is C15H30N2O2. The number of carbonyl (C=O) groups excluding carboxylic acids is 2. The molecule has 0 radical (unpaired) electrons. The zero-order valence-corrected chi connectivity index (χ0v) is 12.6. The van der Waals surface area contributed by atoms with Gasteiger partial charge in [-0.15, -0.1) is 0 Å². The van der Waals surface area contributed by atoms with Gasteiger partial charge in [0.1, 0.15) is 0 Å². The van der Waals surface area contributed by atoms with Gasteiger partial charge in [-0.3, -0.25) is 9.59 Å². The number of hydrogen-bond donors (Lipinski definition) is 2. The molecule has 0 bridgehead atoms. The SMILES string of the molecule is CCCCCCNC(=O)CNC(=O)CCCCCC. The Labute approximate surface area is 117 Å². The van der Waals surface area contributed by atoms with Crippen molar-refractivity contribution in [3.8, 4) is 0 Å². The molecule has 0 saturated carbocycles. The van der Waals surface area contributed by atoms with Crippen molar-refractivity contribution >= 4 is 11.8 Å². The third kappa shape index (κ3) is 13.2. The molecule has 0 fully saturated rings. The molecule has 4 nitrogen and oxygen atoms in total. The fourth-order valence-electron chi connectivity index (χ4n) is 1.82. The van der Waals surface area contributed by atoms with Crippen LogP contribution in [0.3, 0.4) is 0 Å². The zero-order chi connectivity index (χ0) is 14.3. The van der Waals surface area contributed by atoms with Crippen molar-refractivity contribution in [3.63, 3.8) is 0 Å². The highest BCUT2D eigenvalue weighted by Crippen LogP contribution is 2.01. The highest BCUT2D eigenvalue weighted by atomic mass is 16.2. The first-order valence-corrected chi connectivity index (χ1v) is 7.74. The Hall–Kier alpha value is -1.06. The maximum Gasteiger partial charge on any atom is 0.239 e. The van der Waals surface area contributed by atoms with Crippen LogP contribution < -0.4 is 10.6 Å². The van der Waals surface area contributed by atoms with Crippen LogP contribution in [-0.4, -0.2) is 24.9 Å². The van der Waals surface area contributed by atoms with Gasteiger partial charge in [0.25, 0.3) is 0 Å². The Bertz CT molecular complexity index is 242. The van der Waals surface area contributed by atoms with Gasteiger partial charge in [0, 0.05) is 13.0 Å². The van der Waals surface area contributed by atoms with E-state index < -0.39 is 0 Å². The first-order valence-electron chi connectivity index (χ1n) is 7.74. The molecule has 112 valence electrons. The molecule has 0 aliphatic rings. The highest BCUT2D eigenvalue weighted by Gasteiger charge is 2.04. The van der Waals surface area contributed by atoms with E-state index in [1.54, 1.807) is 0 Å². The second kappa shape index (κ2) is 13.4. The van der Waals surface area contributed by atoms with Crippen LogP contribution in [0.25, 0.3) is 0 Å². The van der Waals surface area contributed by atoms with Crippen LogP contribution in [0, 0.1) is 0 Å². The van der Waals surface area contributed by atoms with E-state index in [1.807, 2.05) is 0 Å². The molecule has 0 aliphatic heterocycles. The van der Waals surface area contributed by atoms with E-state index in [4.69, 9.17) is 0 Å². The largest absolute Gasteiger partial charge is 0.355 e. The van der Waals surface area contributed by atoms with Crippen LogP contribution in [-0.2, 0) is 9.59 Å². The third-order valence-corrected chi connectivity index (χ3v) is 3.06. The molecule has 0 atom stereocenters. The maximum absolute atomic E-state index is 11.4. The summed E-state index contributed by atoms with van der Waals surface area (Å²) < 4.78 is 0. The maximum atomic E-state index is 11.4. The van der Waals surface area contributed by atoms with Crippen molar-refractivity contribution in [2.24, 2.45) is 0 Å². The number of nitrogens with one attached hydrogen (secondary N) is 2. The summed E-state index contributed by atoms with van der Waals surface area (Å²) in [5.41, 5.74) is 0. The summed E-state index contributed by atoms with van der Waals surface area (Å²) in [5, 5.41) is 5.48. The predicted octanol–water partition coefficient (Wildman–Crippen LogP) is 2.77. The molecule has 0 spiro atoms. The minimum atomic E-state index is -0.0848. The Kier molecular flexibility index (Phi) is 12.6. The van der Waals surface area contributed by atoms with E-state index in [1.165, 1.54) is 25.7 Å². The Morgan fingerprint density at radius 3 is 2.00 bits per heavy atom. The fourth-order valence-corrected chi connectivity index (χ4v) is 1.82. The number of carbonyl (C=O) groups is 2. The van der Waals surface area contributed by atoms with E-state index in [-0.39, 0.29) is 18.4 Å². The average Bonchev–Trinajstić information content (AvgIpc) is 2.41. The molecule has 0 saturated heterocycles. The lowest BCUT2D eigenvalue weighted by molar-refractivity contribution is -0.126. The van der Waals surface area contributed by atoms with Crippen molar-refractivity contribution < 1.29 is 9.59 Å². The van der Waals surface area contributed by atoms with Crippen molar-refractivity contribution in [1.82, 2.24) is 10.6 Å². The number of rotatable bonds is 12. The summed E-state index contributed by atoms with van der Waals surface area (Å²) in [4.78, 5) is 22.9. The molecule has 2 N–H and O–H groups in total. The Morgan fingerprint density at radius 2 is 1.37 bits per heavy atom. The summed E-state index contributed by atoms with van der Waals surface area (Å²) >= 11 is 0. The molecule has 0 heterocycles. The van der Waals surface area contributed by atoms with E-state index in [0.29, 0.717) is 13.0 Å². The van der Waals surface area contributed by atoms with Gasteiger partial charge in [-0.25, -0.2) is 0 Å². The topological polar surface area (TPSA) is 58.2 Å². The first-order chi connectivity index (χ1) is 9.20. The lowest BCUT2D eigenvalue weighted by Gasteiger charge is -2.06. The van der Waals surface area contributed by atoms with Crippen LogP contribution >= 0.6 is 0 Å². The van der Waals surface area contributed by atoms with Gasteiger partial charge in [0.05, 0.1) is 6.54 Å². The van der Waals surface area contributed by atoms with Gasteiger partial charge in [0.15, 0.2) is 0 Å². The Morgan fingerprint density at radius 1 is 0.737 bits per heavy atom. The molecule has 0 rings (SSSR count). The van der Waals surface area contributed by atoms with Gasteiger partial charge in [-0.2, -0.15) is 0 Å². The summed E-state index contributed by atoms with van der Waals surface area (Å²) in [7, 11) is 0. The van der Waals surface area contributed by atoms with Crippen molar-refractivity contribution in [1.29, 1.82) is 0 Å². The lowest BCUT2D eigenvalue weighted by Crippen LogP contribution is -2.37. The minimum Gasteiger partial charge on any atom is -0.355 e.